The minimum Gasteiger partial charge on any atom is -0.333 e. The Balaban J connectivity index is 3.46. The van der Waals surface area contributed by atoms with Crippen LogP contribution in [0.4, 0.5) is 0 Å². The maximum absolute atomic E-state index is 10.2. The fourth-order valence-electron chi connectivity index (χ4n) is 0.331. The topological polar surface area (TPSA) is 46.2 Å². The lowest BCUT2D eigenvalue weighted by Crippen LogP contribution is -2.10. The van der Waals surface area contributed by atoms with Crippen LogP contribution in [0.25, 0.3) is 0 Å². The highest BCUT2D eigenvalue weighted by Gasteiger charge is 1.78. The number of carbonyl (C=O) groups excluding carboxylic acids is 2. The average Bonchev–Trinajstić information content (AvgIpc) is 1.87. The van der Waals surface area contributed by atoms with Gasteiger partial charge in [-0.05, 0) is 12.2 Å². The first kappa shape index (κ1) is 8.62. The summed E-state index contributed by atoms with van der Waals surface area (Å²) in [5, 5.41) is 2.42. The number of hydrogen-bond donors (Lipinski definition) is 1. The molecule has 0 unspecified atom stereocenters. The largest absolute Gasteiger partial charge is 0.333 e. The SMILES string of the molecule is CC(=O)N/C=C/C=C/C=O. The Labute approximate surface area is 59.4 Å². The van der Waals surface area contributed by atoms with Crippen LogP contribution in [0.5, 0.6) is 0 Å². The number of amides is 1. The van der Waals surface area contributed by atoms with E-state index in [1.165, 1.54) is 25.3 Å². The third-order valence-corrected chi connectivity index (χ3v) is 0.684. The van der Waals surface area contributed by atoms with Gasteiger partial charge in [0.15, 0.2) is 0 Å². The normalized spacial score (nSPS) is 10.5. The van der Waals surface area contributed by atoms with Crippen molar-refractivity contribution in [3.8, 4) is 0 Å². The molecule has 0 fully saturated rings. The van der Waals surface area contributed by atoms with E-state index in [4.69, 9.17) is 0 Å². The van der Waals surface area contributed by atoms with Gasteiger partial charge in [-0.1, -0.05) is 6.08 Å². The highest BCUT2D eigenvalue weighted by Crippen LogP contribution is 1.71. The van der Waals surface area contributed by atoms with E-state index >= 15 is 0 Å². The maximum atomic E-state index is 10.2. The van der Waals surface area contributed by atoms with Gasteiger partial charge in [-0.25, -0.2) is 0 Å². The number of allylic oxidation sites excluding steroid dienone is 3. The van der Waals surface area contributed by atoms with Crippen molar-refractivity contribution in [2.45, 2.75) is 6.92 Å². The monoisotopic (exact) mass is 139 g/mol. The summed E-state index contributed by atoms with van der Waals surface area (Å²) >= 11 is 0. The van der Waals surface area contributed by atoms with Crippen LogP contribution in [0.2, 0.25) is 0 Å². The predicted octanol–water partition coefficient (Wildman–Crippen LogP) is 0.391. The van der Waals surface area contributed by atoms with Crippen molar-refractivity contribution in [3.05, 3.63) is 24.4 Å². The van der Waals surface area contributed by atoms with Crippen molar-refractivity contribution in [3.63, 3.8) is 0 Å². The lowest BCUT2D eigenvalue weighted by molar-refractivity contribution is -0.118. The first-order chi connectivity index (χ1) is 4.77. The molecule has 0 radical (unpaired) electrons. The van der Waals surface area contributed by atoms with Gasteiger partial charge in [-0.2, -0.15) is 0 Å². The summed E-state index contributed by atoms with van der Waals surface area (Å²) in [6, 6.07) is 0. The second kappa shape index (κ2) is 5.75. The fourth-order valence-corrected chi connectivity index (χ4v) is 0.331. The van der Waals surface area contributed by atoms with Crippen LogP contribution in [0.1, 0.15) is 6.92 Å². The van der Waals surface area contributed by atoms with Crippen molar-refractivity contribution in [1.29, 1.82) is 0 Å². The molecule has 1 N–H and O–H groups in total. The highest BCUT2D eigenvalue weighted by atomic mass is 16.1. The van der Waals surface area contributed by atoms with Gasteiger partial charge in [0, 0.05) is 13.1 Å². The van der Waals surface area contributed by atoms with Crippen molar-refractivity contribution < 1.29 is 9.59 Å². The first-order valence-corrected chi connectivity index (χ1v) is 2.81. The van der Waals surface area contributed by atoms with E-state index in [-0.39, 0.29) is 5.91 Å². The predicted molar refractivity (Wildman–Crippen MR) is 38.2 cm³/mol. The van der Waals surface area contributed by atoms with Gasteiger partial charge in [-0.3, -0.25) is 9.59 Å². The summed E-state index contributed by atoms with van der Waals surface area (Å²) in [6.45, 7) is 1.41. The minimum atomic E-state index is -0.129. The number of rotatable bonds is 3. The second-order valence-corrected chi connectivity index (χ2v) is 1.58. The molecule has 3 nitrogen and oxygen atoms in total. The van der Waals surface area contributed by atoms with Crippen LogP contribution >= 0.6 is 0 Å². The Kier molecular flexibility index (Phi) is 4.96. The summed E-state index contributed by atoms with van der Waals surface area (Å²) in [7, 11) is 0. The molecule has 0 aromatic rings. The van der Waals surface area contributed by atoms with Crippen molar-refractivity contribution in [1.82, 2.24) is 5.32 Å². The van der Waals surface area contributed by atoms with Crippen LogP contribution < -0.4 is 5.32 Å². The molecule has 1 amide bonds. The zero-order chi connectivity index (χ0) is 7.82. The molecule has 0 aliphatic heterocycles. The molecule has 10 heavy (non-hydrogen) atoms. The quantitative estimate of drug-likeness (QED) is 0.349. The van der Waals surface area contributed by atoms with E-state index in [1.807, 2.05) is 0 Å². The van der Waals surface area contributed by atoms with Crippen molar-refractivity contribution in [2.75, 3.05) is 0 Å². The van der Waals surface area contributed by atoms with Gasteiger partial charge in [0.1, 0.15) is 6.29 Å². The van der Waals surface area contributed by atoms with E-state index in [0.717, 1.165) is 0 Å². The van der Waals surface area contributed by atoms with Gasteiger partial charge in [-0.15, -0.1) is 0 Å². The van der Waals surface area contributed by atoms with Crippen LogP contribution in [-0.2, 0) is 9.59 Å². The summed E-state index contributed by atoms with van der Waals surface area (Å²) in [6.07, 6.45) is 6.55. The molecule has 0 aliphatic carbocycles. The third kappa shape index (κ3) is 6.62. The van der Waals surface area contributed by atoms with E-state index in [1.54, 1.807) is 6.08 Å². The molecular formula is C7H9NO2. The number of hydrogen-bond acceptors (Lipinski definition) is 2. The zero-order valence-corrected chi connectivity index (χ0v) is 5.70. The summed E-state index contributed by atoms with van der Waals surface area (Å²) in [5.74, 6) is -0.129. The summed E-state index contributed by atoms with van der Waals surface area (Å²) < 4.78 is 0. The van der Waals surface area contributed by atoms with E-state index in [0.29, 0.717) is 6.29 Å². The van der Waals surface area contributed by atoms with Gasteiger partial charge in [0.05, 0.1) is 0 Å². The molecule has 0 aromatic carbocycles. The first-order valence-electron chi connectivity index (χ1n) is 2.81. The molecule has 0 spiro atoms. The van der Waals surface area contributed by atoms with Crippen molar-refractivity contribution in [2.24, 2.45) is 0 Å². The lowest BCUT2D eigenvalue weighted by atomic mass is 10.5. The zero-order valence-electron chi connectivity index (χ0n) is 5.70. The van der Waals surface area contributed by atoms with Crippen LogP contribution in [0.15, 0.2) is 24.4 Å². The molecule has 3 heteroatoms. The molecule has 0 rings (SSSR count). The van der Waals surface area contributed by atoms with Crippen LogP contribution in [-0.4, -0.2) is 12.2 Å². The summed E-state index contributed by atoms with van der Waals surface area (Å²) in [5.41, 5.74) is 0. The molecule has 0 aromatic heterocycles. The Morgan fingerprint density at radius 1 is 1.30 bits per heavy atom. The van der Waals surface area contributed by atoms with Crippen LogP contribution in [0.3, 0.4) is 0 Å². The molecule has 0 heterocycles. The lowest BCUT2D eigenvalue weighted by Gasteiger charge is -1.86. The van der Waals surface area contributed by atoms with Crippen molar-refractivity contribution >= 4 is 12.2 Å². The van der Waals surface area contributed by atoms with Crippen LogP contribution in [0, 0.1) is 0 Å². The molecule has 54 valence electrons. The van der Waals surface area contributed by atoms with E-state index in [9.17, 15) is 9.59 Å². The smallest absolute Gasteiger partial charge is 0.220 e. The number of nitrogens with one attached hydrogen (secondary N) is 1. The molecule has 0 saturated heterocycles. The third-order valence-electron chi connectivity index (χ3n) is 0.684. The number of carbonyl (C=O) groups is 2. The van der Waals surface area contributed by atoms with Gasteiger partial charge in [0.25, 0.3) is 0 Å². The Morgan fingerprint density at radius 3 is 2.50 bits per heavy atom. The van der Waals surface area contributed by atoms with Gasteiger partial charge >= 0.3 is 0 Å². The Morgan fingerprint density at radius 2 is 2.00 bits per heavy atom. The van der Waals surface area contributed by atoms with Gasteiger partial charge < -0.3 is 5.32 Å². The Hall–Kier alpha value is -1.38. The number of aldehydes is 1. The molecule has 0 aliphatic rings. The van der Waals surface area contributed by atoms with Gasteiger partial charge in [0.2, 0.25) is 5.91 Å². The molecular weight excluding hydrogens is 130 g/mol. The second-order valence-electron chi connectivity index (χ2n) is 1.58. The molecule has 0 atom stereocenters. The minimum absolute atomic E-state index is 0.129. The molecule has 0 bridgehead atoms. The highest BCUT2D eigenvalue weighted by molar-refractivity contribution is 5.74. The summed E-state index contributed by atoms with van der Waals surface area (Å²) in [4.78, 5) is 19.9. The average molecular weight is 139 g/mol. The standard InChI is InChI=1S/C7H9NO2/c1-7(10)8-5-3-2-4-6-9/h2-6H,1H3,(H,8,10)/b4-2+,5-3+. The maximum Gasteiger partial charge on any atom is 0.220 e. The fraction of sp³-hybridized carbons (Fsp3) is 0.143. The van der Waals surface area contributed by atoms with E-state index < -0.39 is 0 Å². The van der Waals surface area contributed by atoms with E-state index in [2.05, 4.69) is 5.32 Å². The Bertz CT molecular complexity index is 170. The molecule has 0 saturated carbocycles.